The lowest BCUT2D eigenvalue weighted by Crippen LogP contribution is -2.31. The van der Waals surface area contributed by atoms with Crippen molar-refractivity contribution < 1.29 is 0 Å². The Labute approximate surface area is 246 Å². The minimum Gasteiger partial charge on any atom is -0.291 e. The molecule has 5 aromatic carbocycles. The van der Waals surface area contributed by atoms with Crippen LogP contribution in [0, 0.1) is 6.92 Å². The first-order chi connectivity index (χ1) is 20.2. The Bertz CT molecular complexity index is 1300. The van der Waals surface area contributed by atoms with Crippen LogP contribution in [-0.4, -0.2) is 22.9 Å². The maximum absolute atomic E-state index is 2.58. The SMILES string of the molecule is Cc1cccc(C=C(CN(Cc2ccccc2)Cc2ccccc2)CN(Cc2ccccc2)Cc2ccccc2)c1. The van der Waals surface area contributed by atoms with E-state index in [1.165, 1.54) is 39.0 Å². The Morgan fingerprint density at radius 1 is 0.463 bits per heavy atom. The third kappa shape index (κ3) is 9.42. The number of nitrogens with zero attached hydrogens (tertiary/aromatic N) is 2. The van der Waals surface area contributed by atoms with Crippen molar-refractivity contribution >= 4 is 6.08 Å². The molecule has 0 saturated carbocycles. The maximum atomic E-state index is 2.58. The van der Waals surface area contributed by atoms with Crippen LogP contribution in [0.2, 0.25) is 0 Å². The quantitative estimate of drug-likeness (QED) is 0.148. The molecule has 206 valence electrons. The number of hydrogen-bond donors (Lipinski definition) is 0. The van der Waals surface area contributed by atoms with Crippen molar-refractivity contribution in [2.24, 2.45) is 0 Å². The number of hydrogen-bond acceptors (Lipinski definition) is 2. The second-order valence-corrected chi connectivity index (χ2v) is 10.9. The number of benzene rings is 5. The van der Waals surface area contributed by atoms with E-state index in [2.05, 4.69) is 168 Å². The van der Waals surface area contributed by atoms with Gasteiger partial charge >= 0.3 is 0 Å². The van der Waals surface area contributed by atoms with Gasteiger partial charge in [0, 0.05) is 39.3 Å². The molecule has 0 unspecified atom stereocenters. The van der Waals surface area contributed by atoms with Gasteiger partial charge < -0.3 is 0 Å². The molecule has 0 N–H and O–H groups in total. The van der Waals surface area contributed by atoms with Crippen LogP contribution in [0.4, 0.5) is 0 Å². The maximum Gasteiger partial charge on any atom is 0.0240 e. The molecule has 41 heavy (non-hydrogen) atoms. The summed E-state index contributed by atoms with van der Waals surface area (Å²) in [5.74, 6) is 0. The van der Waals surface area contributed by atoms with Gasteiger partial charge in [-0.05, 0) is 40.3 Å². The van der Waals surface area contributed by atoms with Crippen molar-refractivity contribution in [3.63, 3.8) is 0 Å². The van der Waals surface area contributed by atoms with Crippen molar-refractivity contribution in [2.75, 3.05) is 13.1 Å². The summed E-state index contributed by atoms with van der Waals surface area (Å²) in [6.45, 7) is 7.55. The van der Waals surface area contributed by atoms with Crippen LogP contribution in [0.25, 0.3) is 6.08 Å². The summed E-state index contributed by atoms with van der Waals surface area (Å²) >= 11 is 0. The lowest BCUT2D eigenvalue weighted by atomic mass is 10.1. The second kappa shape index (κ2) is 14.9. The predicted octanol–water partition coefficient (Wildman–Crippen LogP) is 8.78. The summed E-state index contributed by atoms with van der Waals surface area (Å²) < 4.78 is 0. The van der Waals surface area contributed by atoms with E-state index in [9.17, 15) is 0 Å². The van der Waals surface area contributed by atoms with E-state index in [0.717, 1.165) is 39.3 Å². The van der Waals surface area contributed by atoms with Gasteiger partial charge in [0.15, 0.2) is 0 Å². The van der Waals surface area contributed by atoms with Gasteiger partial charge in [-0.3, -0.25) is 9.80 Å². The van der Waals surface area contributed by atoms with E-state index in [1.807, 2.05) is 0 Å². The Hall–Kier alpha value is -4.24. The summed E-state index contributed by atoms with van der Waals surface area (Å²) in [6.07, 6.45) is 2.42. The molecule has 0 radical (unpaired) electrons. The predicted molar refractivity (Wildman–Crippen MR) is 173 cm³/mol. The normalized spacial score (nSPS) is 11.1. The smallest absolute Gasteiger partial charge is 0.0240 e. The Balaban J connectivity index is 1.46. The van der Waals surface area contributed by atoms with Gasteiger partial charge in [0.05, 0.1) is 0 Å². The molecule has 5 rings (SSSR count). The van der Waals surface area contributed by atoms with Crippen LogP contribution in [-0.2, 0) is 26.2 Å². The molecule has 2 nitrogen and oxygen atoms in total. The minimum absolute atomic E-state index is 0.887. The fourth-order valence-corrected chi connectivity index (χ4v) is 5.41. The summed E-state index contributed by atoms with van der Waals surface area (Å²) in [4.78, 5) is 5.16. The summed E-state index contributed by atoms with van der Waals surface area (Å²) in [7, 11) is 0. The van der Waals surface area contributed by atoms with Gasteiger partial charge in [0.1, 0.15) is 0 Å². The molecular formula is C39H40N2. The van der Waals surface area contributed by atoms with Gasteiger partial charge in [-0.2, -0.15) is 0 Å². The van der Waals surface area contributed by atoms with Crippen molar-refractivity contribution in [3.8, 4) is 0 Å². The van der Waals surface area contributed by atoms with Crippen molar-refractivity contribution in [1.29, 1.82) is 0 Å². The number of aryl methyl sites for hydroxylation is 1. The monoisotopic (exact) mass is 536 g/mol. The van der Waals surface area contributed by atoms with E-state index in [0.29, 0.717) is 0 Å². The lowest BCUT2D eigenvalue weighted by molar-refractivity contribution is 0.245. The highest BCUT2D eigenvalue weighted by Gasteiger charge is 2.15. The van der Waals surface area contributed by atoms with Crippen molar-refractivity contribution in [3.05, 3.63) is 185 Å². The van der Waals surface area contributed by atoms with Crippen molar-refractivity contribution in [1.82, 2.24) is 9.80 Å². The molecular weight excluding hydrogens is 496 g/mol. The topological polar surface area (TPSA) is 6.48 Å². The molecule has 0 amide bonds. The largest absolute Gasteiger partial charge is 0.291 e. The fourth-order valence-electron chi connectivity index (χ4n) is 5.41. The highest BCUT2D eigenvalue weighted by Crippen LogP contribution is 2.19. The van der Waals surface area contributed by atoms with E-state index in [-0.39, 0.29) is 0 Å². The fraction of sp³-hybridized carbons (Fsp3) is 0.179. The third-order valence-corrected chi connectivity index (χ3v) is 7.26. The van der Waals surface area contributed by atoms with E-state index in [4.69, 9.17) is 0 Å². The van der Waals surface area contributed by atoms with Crippen LogP contribution in [0.15, 0.2) is 151 Å². The van der Waals surface area contributed by atoms with E-state index < -0.39 is 0 Å². The third-order valence-electron chi connectivity index (χ3n) is 7.26. The molecule has 0 fully saturated rings. The standard InChI is InChI=1S/C39H40N2/c1-33-15-14-24-38(25-33)26-39(31-40(27-34-16-6-2-7-17-34)28-35-18-8-3-9-19-35)32-41(29-36-20-10-4-11-21-36)30-37-22-12-5-13-23-37/h2-26H,27-32H2,1H3. The summed E-state index contributed by atoms with van der Waals surface area (Å²) in [5, 5.41) is 0. The average Bonchev–Trinajstić information content (AvgIpc) is 2.99. The zero-order valence-electron chi connectivity index (χ0n) is 24.1. The van der Waals surface area contributed by atoms with Gasteiger partial charge in [0.25, 0.3) is 0 Å². The Morgan fingerprint density at radius 3 is 1.17 bits per heavy atom. The van der Waals surface area contributed by atoms with Crippen molar-refractivity contribution in [2.45, 2.75) is 33.1 Å². The molecule has 0 bridgehead atoms. The molecule has 0 heterocycles. The van der Waals surface area contributed by atoms with Crippen LogP contribution in [0.3, 0.4) is 0 Å². The molecule has 0 aliphatic heterocycles. The van der Waals surface area contributed by atoms with E-state index in [1.54, 1.807) is 0 Å². The highest BCUT2D eigenvalue weighted by molar-refractivity contribution is 5.54. The van der Waals surface area contributed by atoms with Gasteiger partial charge in [-0.25, -0.2) is 0 Å². The van der Waals surface area contributed by atoms with Crippen LogP contribution in [0.5, 0.6) is 0 Å². The molecule has 5 aromatic rings. The molecule has 0 atom stereocenters. The second-order valence-electron chi connectivity index (χ2n) is 10.9. The minimum atomic E-state index is 0.887. The molecule has 0 aromatic heterocycles. The lowest BCUT2D eigenvalue weighted by Gasteiger charge is -2.29. The Kier molecular flexibility index (Phi) is 10.3. The molecule has 0 spiro atoms. The van der Waals surface area contributed by atoms with Crippen LogP contribution < -0.4 is 0 Å². The first-order valence-electron chi connectivity index (χ1n) is 14.6. The zero-order chi connectivity index (χ0) is 28.1. The summed E-state index contributed by atoms with van der Waals surface area (Å²) in [6, 6.07) is 52.2. The molecule has 0 aliphatic rings. The van der Waals surface area contributed by atoms with Gasteiger partial charge in [-0.15, -0.1) is 0 Å². The highest BCUT2D eigenvalue weighted by atomic mass is 15.1. The van der Waals surface area contributed by atoms with E-state index >= 15 is 0 Å². The van der Waals surface area contributed by atoms with Crippen LogP contribution >= 0.6 is 0 Å². The first-order valence-corrected chi connectivity index (χ1v) is 14.6. The van der Waals surface area contributed by atoms with Crippen LogP contribution in [0.1, 0.15) is 33.4 Å². The molecule has 0 saturated heterocycles. The average molecular weight is 537 g/mol. The molecule has 0 aliphatic carbocycles. The summed E-state index contributed by atoms with van der Waals surface area (Å²) in [5.41, 5.74) is 9.31. The zero-order valence-corrected chi connectivity index (χ0v) is 24.1. The van der Waals surface area contributed by atoms with Gasteiger partial charge in [-0.1, -0.05) is 157 Å². The Morgan fingerprint density at radius 2 is 0.829 bits per heavy atom. The van der Waals surface area contributed by atoms with Gasteiger partial charge in [0.2, 0.25) is 0 Å². The molecule has 2 heteroatoms. The number of rotatable bonds is 13. The first kappa shape index (κ1) is 28.3.